The van der Waals surface area contributed by atoms with Gasteiger partial charge in [-0.2, -0.15) is 0 Å². The maximum absolute atomic E-state index is 14.6. The van der Waals surface area contributed by atoms with Crippen molar-refractivity contribution in [1.29, 1.82) is 0 Å². The number of aromatic nitrogens is 1. The highest BCUT2D eigenvalue weighted by molar-refractivity contribution is 6.31. The highest BCUT2D eigenvalue weighted by atomic mass is 35.5. The zero-order chi connectivity index (χ0) is 31.4. The Bertz CT molecular complexity index is 1610. The normalized spacial score (nSPS) is 17.3. The number of amides is 2. The van der Waals surface area contributed by atoms with Crippen molar-refractivity contribution in [1.82, 2.24) is 10.3 Å². The fraction of sp³-hybridized carbons (Fsp3) is 0.267. The van der Waals surface area contributed by atoms with E-state index in [0.717, 1.165) is 5.01 Å². The van der Waals surface area contributed by atoms with Crippen LogP contribution < -0.4 is 33.0 Å². The van der Waals surface area contributed by atoms with Crippen LogP contribution in [0.5, 0.6) is 0 Å². The van der Waals surface area contributed by atoms with E-state index >= 15 is 0 Å². The predicted octanol–water partition coefficient (Wildman–Crippen LogP) is 4.40. The van der Waals surface area contributed by atoms with E-state index in [9.17, 15) is 18.8 Å². The number of hydrogen-bond donors (Lipinski definition) is 5. The van der Waals surface area contributed by atoms with Crippen molar-refractivity contribution in [2.24, 2.45) is 17.5 Å². The number of hydrogen-bond acceptors (Lipinski definition) is 9. The number of methoxy groups -OCH3 is 1. The Morgan fingerprint density at radius 1 is 1.21 bits per heavy atom. The first-order valence-corrected chi connectivity index (χ1v) is 13.9. The van der Waals surface area contributed by atoms with Crippen LogP contribution in [0.4, 0.5) is 21.5 Å². The second-order valence-corrected chi connectivity index (χ2v) is 10.6. The Labute approximate surface area is 253 Å². The Morgan fingerprint density at radius 2 is 1.95 bits per heavy atom. The van der Waals surface area contributed by atoms with Gasteiger partial charge < -0.3 is 26.8 Å². The number of nitrogens with one attached hydrogen (secondary N) is 2. The molecule has 1 aromatic heterocycles. The Balaban J connectivity index is 1.73. The van der Waals surface area contributed by atoms with Crippen LogP contribution in [0.2, 0.25) is 5.02 Å². The molecule has 226 valence electrons. The number of nitrogen functional groups attached to an aromatic ring is 1. The molecule has 0 aliphatic carbocycles. The SMILES string of the molecule is COC(=O)c1cc2c(cc1N)NC(=O)C(C)CCCC(NC(=O)/C(N)=C(\C)N(N)c1cccc(Cl)c1F)c1cc-2ccn1. The third-order valence-corrected chi connectivity index (χ3v) is 7.66. The fourth-order valence-electron chi connectivity index (χ4n) is 4.75. The van der Waals surface area contributed by atoms with Gasteiger partial charge in [-0.3, -0.25) is 19.6 Å². The van der Waals surface area contributed by atoms with Gasteiger partial charge in [0.2, 0.25) is 5.91 Å². The summed E-state index contributed by atoms with van der Waals surface area (Å²) in [4.78, 5) is 43.3. The standard InChI is InChI=1S/C30H33ClFN7O4/c1-15-6-4-8-22(37-29(41)27(34)16(2)39(35)25-9-5-7-20(31)26(25)32)24-12-17(10-11-36-24)18-13-19(30(42)43-3)21(33)14-23(18)38-28(15)40/h5,7,9-15,22H,4,6,8,33-35H2,1-3H3,(H,37,41)(H,38,40)/b27-16-. The number of anilines is 3. The minimum atomic E-state index is -0.755. The molecule has 0 radical (unpaired) electrons. The van der Waals surface area contributed by atoms with Gasteiger partial charge in [-0.05, 0) is 61.7 Å². The van der Waals surface area contributed by atoms with Crippen LogP contribution in [0.1, 0.15) is 55.2 Å². The molecule has 2 amide bonds. The average Bonchev–Trinajstić information content (AvgIpc) is 2.99. The second kappa shape index (κ2) is 13.1. The van der Waals surface area contributed by atoms with Crippen molar-refractivity contribution in [3.05, 3.63) is 82.2 Å². The minimum Gasteiger partial charge on any atom is -0.465 e. The summed E-state index contributed by atoms with van der Waals surface area (Å²) < 4.78 is 19.5. The topological polar surface area (TPSA) is 179 Å². The number of hydrazine groups is 1. The maximum atomic E-state index is 14.6. The molecule has 1 aliphatic rings. The highest BCUT2D eigenvalue weighted by Crippen LogP contribution is 2.35. The molecule has 43 heavy (non-hydrogen) atoms. The first-order chi connectivity index (χ1) is 20.4. The average molecular weight is 610 g/mol. The molecule has 2 heterocycles. The maximum Gasteiger partial charge on any atom is 0.339 e. The quantitative estimate of drug-likeness (QED) is 0.0921. The number of benzene rings is 2. The number of nitrogens with two attached hydrogens (primary N) is 3. The van der Waals surface area contributed by atoms with E-state index in [0.29, 0.717) is 41.8 Å². The number of esters is 1. The van der Waals surface area contributed by atoms with Gasteiger partial charge in [-0.15, -0.1) is 0 Å². The summed E-state index contributed by atoms with van der Waals surface area (Å²) >= 11 is 5.89. The van der Waals surface area contributed by atoms with Crippen LogP contribution in [0.3, 0.4) is 0 Å². The summed E-state index contributed by atoms with van der Waals surface area (Å²) in [6, 6.07) is 10.2. The number of nitrogens with zero attached hydrogens (tertiary/aromatic N) is 2. The van der Waals surface area contributed by atoms with Gasteiger partial charge in [0.25, 0.3) is 5.91 Å². The molecule has 0 spiro atoms. The zero-order valence-corrected chi connectivity index (χ0v) is 24.7. The molecular weight excluding hydrogens is 577 g/mol. The number of carbonyl (C=O) groups excluding carboxylic acids is 3. The molecule has 11 nitrogen and oxygen atoms in total. The van der Waals surface area contributed by atoms with Crippen LogP contribution in [0, 0.1) is 11.7 Å². The minimum absolute atomic E-state index is 0.0565. The monoisotopic (exact) mass is 609 g/mol. The smallest absolute Gasteiger partial charge is 0.339 e. The molecular formula is C30H33ClFN7O4. The molecule has 0 fully saturated rings. The molecule has 2 atom stereocenters. The molecule has 2 bridgehead atoms. The number of allylic oxidation sites excluding steroid dienone is 1. The lowest BCUT2D eigenvalue weighted by Gasteiger charge is -2.24. The van der Waals surface area contributed by atoms with Crippen LogP contribution in [-0.2, 0) is 14.3 Å². The summed E-state index contributed by atoms with van der Waals surface area (Å²) in [6.07, 6.45) is 3.08. The molecule has 2 unspecified atom stereocenters. The van der Waals surface area contributed by atoms with E-state index in [2.05, 4.69) is 15.6 Å². The van der Waals surface area contributed by atoms with Crippen LogP contribution >= 0.6 is 11.6 Å². The Kier molecular flexibility index (Phi) is 9.52. The Morgan fingerprint density at radius 3 is 2.67 bits per heavy atom. The molecule has 4 rings (SSSR count). The van der Waals surface area contributed by atoms with Crippen molar-refractivity contribution in [3.8, 4) is 11.1 Å². The first-order valence-electron chi connectivity index (χ1n) is 13.5. The van der Waals surface area contributed by atoms with E-state index < -0.39 is 23.7 Å². The third kappa shape index (κ3) is 6.71. The number of pyridine rings is 1. The zero-order valence-electron chi connectivity index (χ0n) is 23.9. The van der Waals surface area contributed by atoms with Crippen molar-refractivity contribution in [3.63, 3.8) is 0 Å². The van der Waals surface area contributed by atoms with E-state index in [4.69, 9.17) is 33.6 Å². The van der Waals surface area contributed by atoms with Gasteiger partial charge in [-0.25, -0.2) is 15.0 Å². The van der Waals surface area contributed by atoms with E-state index in [1.54, 1.807) is 31.3 Å². The van der Waals surface area contributed by atoms with Gasteiger partial charge in [0.05, 0.1) is 46.5 Å². The van der Waals surface area contributed by atoms with Gasteiger partial charge in [0.1, 0.15) is 5.70 Å². The number of rotatable bonds is 5. The largest absolute Gasteiger partial charge is 0.465 e. The molecule has 0 saturated carbocycles. The van der Waals surface area contributed by atoms with E-state index in [1.165, 1.54) is 38.3 Å². The summed E-state index contributed by atoms with van der Waals surface area (Å²) in [5.41, 5.74) is 14.5. The van der Waals surface area contributed by atoms with Crippen molar-refractivity contribution in [2.45, 2.75) is 39.2 Å². The lowest BCUT2D eigenvalue weighted by molar-refractivity contribution is -0.120. The second-order valence-electron chi connectivity index (χ2n) is 10.2. The summed E-state index contributed by atoms with van der Waals surface area (Å²) in [5.74, 6) is 3.47. The Hall–Kier alpha value is -4.68. The van der Waals surface area contributed by atoms with Crippen LogP contribution in [-0.4, -0.2) is 29.9 Å². The molecule has 3 aromatic rings. The number of fused-ring (bicyclic) bond motifs is 4. The highest BCUT2D eigenvalue weighted by Gasteiger charge is 2.25. The van der Waals surface area contributed by atoms with Gasteiger partial charge in [0, 0.05) is 23.4 Å². The van der Waals surface area contributed by atoms with Crippen molar-refractivity contribution < 1.29 is 23.5 Å². The number of carbonyl (C=O) groups is 3. The fourth-order valence-corrected chi connectivity index (χ4v) is 4.92. The number of ether oxygens (including phenoxy) is 1. The lowest BCUT2D eigenvalue weighted by Crippen LogP contribution is -2.38. The molecule has 2 aromatic carbocycles. The summed E-state index contributed by atoms with van der Waals surface area (Å²) in [5, 5.41) is 6.66. The van der Waals surface area contributed by atoms with Crippen molar-refractivity contribution in [2.75, 3.05) is 23.2 Å². The first kappa shape index (κ1) is 31.3. The van der Waals surface area contributed by atoms with Crippen molar-refractivity contribution >= 4 is 46.4 Å². The third-order valence-electron chi connectivity index (χ3n) is 7.37. The molecule has 13 heteroatoms. The summed E-state index contributed by atoms with van der Waals surface area (Å²) in [6.45, 7) is 3.28. The summed E-state index contributed by atoms with van der Waals surface area (Å²) in [7, 11) is 1.25. The molecule has 1 aliphatic heterocycles. The predicted molar refractivity (Wildman–Crippen MR) is 163 cm³/mol. The van der Waals surface area contributed by atoms with E-state index in [1.807, 2.05) is 0 Å². The van der Waals surface area contributed by atoms with Crippen LogP contribution in [0.25, 0.3) is 11.1 Å². The van der Waals surface area contributed by atoms with Gasteiger partial charge in [-0.1, -0.05) is 31.0 Å². The van der Waals surface area contributed by atoms with Gasteiger partial charge >= 0.3 is 5.97 Å². The number of halogens is 2. The lowest BCUT2D eigenvalue weighted by atomic mass is 9.94. The molecule has 0 saturated heterocycles. The molecule has 8 N–H and O–H groups in total. The van der Waals surface area contributed by atoms with Crippen LogP contribution in [0.15, 0.2) is 60.1 Å². The van der Waals surface area contributed by atoms with E-state index in [-0.39, 0.29) is 45.2 Å². The van der Waals surface area contributed by atoms with Gasteiger partial charge in [0.15, 0.2) is 5.82 Å².